The van der Waals surface area contributed by atoms with Crippen molar-refractivity contribution in [1.29, 1.82) is 0 Å². The van der Waals surface area contributed by atoms with Gasteiger partial charge in [-0.2, -0.15) is 0 Å². The number of thiocarbonyl (C=S) groups is 1. The second-order valence-electron chi connectivity index (χ2n) is 6.40. The first-order valence-corrected chi connectivity index (χ1v) is 8.11. The van der Waals surface area contributed by atoms with Crippen LogP contribution >= 0.6 is 37.0 Å². The average molecular weight is 410 g/mol. The first kappa shape index (κ1) is 26.3. The van der Waals surface area contributed by atoms with Crippen molar-refractivity contribution < 1.29 is 10.2 Å². The maximum atomic E-state index is 5.91. The van der Waals surface area contributed by atoms with Gasteiger partial charge in [0, 0.05) is 30.9 Å². The van der Waals surface area contributed by atoms with Gasteiger partial charge in [-0.25, -0.2) is 4.98 Å². The van der Waals surface area contributed by atoms with Gasteiger partial charge < -0.3 is 20.1 Å². The van der Waals surface area contributed by atoms with Gasteiger partial charge >= 0.3 is 0 Å². The van der Waals surface area contributed by atoms with Gasteiger partial charge in [-0.15, -0.1) is 24.8 Å². The molecule has 25 heavy (non-hydrogen) atoms. The molecular formula is C17H29Cl2N3O2S. The topological polar surface area (TPSA) is 70.6 Å². The minimum Gasteiger partial charge on any atom is -0.491 e. The Morgan fingerprint density at radius 1 is 1.32 bits per heavy atom. The lowest BCUT2D eigenvalue weighted by Gasteiger charge is -2.28. The maximum Gasteiger partial charge on any atom is 0.133 e. The van der Waals surface area contributed by atoms with Gasteiger partial charge in [0.1, 0.15) is 12.4 Å². The number of rotatable bonds is 8. The Kier molecular flexibility index (Phi) is 13.1. The second kappa shape index (κ2) is 12.4. The summed E-state index contributed by atoms with van der Waals surface area (Å²) in [5, 5.41) is 3.54. The molecule has 144 valence electrons. The molecule has 0 fully saturated rings. The minimum absolute atomic E-state index is 0. The Labute approximate surface area is 168 Å². The lowest BCUT2D eigenvalue weighted by Crippen LogP contribution is -2.44. The summed E-state index contributed by atoms with van der Waals surface area (Å²) in [6.07, 6.45) is 11.6. The molecule has 2 rings (SSSR count). The number of allylic oxidation sites excluding steroid dienone is 4. The largest absolute Gasteiger partial charge is 0.491 e. The summed E-state index contributed by atoms with van der Waals surface area (Å²) in [6, 6.07) is 0. The first-order valence-electron chi connectivity index (χ1n) is 7.70. The van der Waals surface area contributed by atoms with E-state index in [0.29, 0.717) is 6.61 Å². The van der Waals surface area contributed by atoms with Crippen LogP contribution in [-0.4, -0.2) is 38.6 Å². The van der Waals surface area contributed by atoms with Crippen LogP contribution < -0.4 is 5.32 Å². The number of imidazole rings is 1. The number of hydrogen-bond donors (Lipinski definition) is 1. The van der Waals surface area contributed by atoms with Crippen LogP contribution in [0.1, 0.15) is 33.6 Å². The van der Waals surface area contributed by atoms with Crippen molar-refractivity contribution >= 4 is 41.9 Å². The number of aromatic nitrogens is 2. The van der Waals surface area contributed by atoms with Gasteiger partial charge in [0.15, 0.2) is 0 Å². The highest BCUT2D eigenvalue weighted by Crippen LogP contribution is 2.18. The van der Waals surface area contributed by atoms with E-state index in [1.807, 2.05) is 24.8 Å². The third-order valence-electron chi connectivity index (χ3n) is 3.58. The van der Waals surface area contributed by atoms with Gasteiger partial charge in [0.05, 0.1) is 11.2 Å². The molecule has 1 aliphatic rings. The molecule has 0 unspecified atom stereocenters. The predicted octanol–water partition coefficient (Wildman–Crippen LogP) is 3.28. The Hall–Kier alpha value is -0.920. The van der Waals surface area contributed by atoms with Gasteiger partial charge in [-0.3, -0.25) is 0 Å². The number of hydrogen-bond acceptors (Lipinski definition) is 4. The average Bonchev–Trinajstić information content (AvgIpc) is 2.96. The lowest BCUT2D eigenvalue weighted by molar-refractivity contribution is 0.151. The third-order valence-corrected chi connectivity index (χ3v) is 3.92. The van der Waals surface area contributed by atoms with Crippen molar-refractivity contribution in [3.63, 3.8) is 0 Å². The molecule has 0 saturated carbocycles. The predicted molar refractivity (Wildman–Crippen MR) is 112 cm³/mol. The molecule has 0 bridgehead atoms. The van der Waals surface area contributed by atoms with E-state index in [1.54, 1.807) is 0 Å². The summed E-state index contributed by atoms with van der Waals surface area (Å²) in [7, 11) is 0. The monoisotopic (exact) mass is 409 g/mol. The minimum atomic E-state index is -0.0817. The van der Waals surface area contributed by atoms with Gasteiger partial charge in [-0.1, -0.05) is 23.9 Å². The van der Waals surface area contributed by atoms with E-state index in [9.17, 15) is 0 Å². The number of nitrogens with one attached hydrogen (secondary N) is 1. The summed E-state index contributed by atoms with van der Waals surface area (Å²) in [4.78, 5) is 4.94. The van der Waals surface area contributed by atoms with Crippen molar-refractivity contribution in [3.8, 4) is 0 Å². The van der Waals surface area contributed by atoms with E-state index in [0.717, 1.165) is 36.6 Å². The molecular weight excluding hydrogens is 381 g/mol. The van der Waals surface area contributed by atoms with Gasteiger partial charge in [-0.05, 0) is 39.8 Å². The molecule has 1 aromatic rings. The molecule has 1 aromatic heterocycles. The molecule has 1 aliphatic carbocycles. The van der Waals surface area contributed by atoms with Crippen LogP contribution in [0.3, 0.4) is 0 Å². The zero-order valence-corrected chi connectivity index (χ0v) is 17.4. The first-order chi connectivity index (χ1) is 10.5. The van der Waals surface area contributed by atoms with Crippen molar-refractivity contribution in [2.24, 2.45) is 0 Å². The van der Waals surface area contributed by atoms with Crippen molar-refractivity contribution in [3.05, 3.63) is 42.2 Å². The number of nitrogens with zero attached hydrogens (tertiary/aromatic N) is 2. The van der Waals surface area contributed by atoms with E-state index < -0.39 is 0 Å². The zero-order chi connectivity index (χ0) is 16.0. The number of ether oxygens (including phenoxy) is 1. The molecule has 0 aliphatic heterocycles. The molecule has 0 amide bonds. The highest BCUT2D eigenvalue weighted by Gasteiger charge is 2.20. The van der Waals surface area contributed by atoms with Crippen LogP contribution in [0, 0.1) is 0 Å². The fourth-order valence-electron chi connectivity index (χ4n) is 2.26. The van der Waals surface area contributed by atoms with E-state index in [4.69, 9.17) is 17.0 Å². The molecule has 0 aromatic carbocycles. The van der Waals surface area contributed by atoms with Crippen LogP contribution in [0.15, 0.2) is 42.2 Å². The van der Waals surface area contributed by atoms with Crippen molar-refractivity contribution in [2.75, 3.05) is 13.2 Å². The van der Waals surface area contributed by atoms with Crippen LogP contribution in [0.2, 0.25) is 0 Å². The van der Waals surface area contributed by atoms with E-state index in [2.05, 4.69) is 41.7 Å². The molecule has 1 heterocycles. The Morgan fingerprint density at radius 2 is 2.04 bits per heavy atom. The van der Waals surface area contributed by atoms with Crippen LogP contribution in [0.4, 0.5) is 0 Å². The Bertz CT molecular complexity index is 572. The summed E-state index contributed by atoms with van der Waals surface area (Å²) in [6.45, 7) is 8.91. The Morgan fingerprint density at radius 3 is 2.64 bits per heavy atom. The van der Waals surface area contributed by atoms with Gasteiger partial charge in [0.25, 0.3) is 0 Å². The molecule has 5 nitrogen and oxygen atoms in total. The van der Waals surface area contributed by atoms with Gasteiger partial charge in [0.2, 0.25) is 0 Å². The molecule has 0 atom stereocenters. The van der Waals surface area contributed by atoms with E-state index in [-0.39, 0.29) is 35.8 Å². The number of aryl methyl sites for hydroxylation is 1. The second-order valence-corrected chi connectivity index (χ2v) is 6.89. The summed E-state index contributed by atoms with van der Waals surface area (Å²) >= 11 is 5.38. The Balaban J connectivity index is 0. The molecule has 0 saturated heterocycles. The highest BCUT2D eigenvalue weighted by molar-refractivity contribution is 7.80. The lowest BCUT2D eigenvalue weighted by atomic mass is 10.0. The molecule has 3 N–H and O–H groups in total. The van der Waals surface area contributed by atoms with Crippen LogP contribution in [0.25, 0.3) is 0 Å². The smallest absolute Gasteiger partial charge is 0.133 e. The highest BCUT2D eigenvalue weighted by atomic mass is 35.5. The van der Waals surface area contributed by atoms with E-state index in [1.165, 1.54) is 5.57 Å². The third kappa shape index (κ3) is 9.37. The number of halogens is 2. The maximum absolute atomic E-state index is 5.91. The quantitative estimate of drug-likeness (QED) is 0.528. The normalized spacial score (nSPS) is 13.6. The van der Waals surface area contributed by atoms with E-state index >= 15 is 0 Å². The summed E-state index contributed by atoms with van der Waals surface area (Å²) < 4.78 is 8.00. The molecule has 0 spiro atoms. The SMILES string of the molecule is CC1=CC=C(OCC(C)(C)NCCCn2ccnc2)C(=S)C1.Cl.Cl.O. The standard InChI is InChI=1S/C17H25N3OS.2ClH.H2O/c1-14-5-6-15(16(22)11-14)21-12-17(2,3)19-7-4-9-20-10-8-18-13-20;;;/h5-6,8,10,13,19H,4,7,9,11-12H2,1-3H3;2*1H;1H2. The van der Waals surface area contributed by atoms with Crippen molar-refractivity contribution in [1.82, 2.24) is 14.9 Å². The molecule has 0 radical (unpaired) electrons. The van der Waals surface area contributed by atoms with Crippen LogP contribution in [0.5, 0.6) is 0 Å². The summed E-state index contributed by atoms with van der Waals surface area (Å²) in [5.74, 6) is 0.842. The zero-order valence-electron chi connectivity index (χ0n) is 14.9. The fraction of sp³-hybridized carbons (Fsp3) is 0.529. The fourth-order valence-corrected chi connectivity index (χ4v) is 2.61. The molecule has 8 heteroatoms. The summed E-state index contributed by atoms with van der Waals surface area (Å²) in [5.41, 5.74) is 1.20. The van der Waals surface area contributed by atoms with Crippen molar-refractivity contribution in [2.45, 2.75) is 45.7 Å². The van der Waals surface area contributed by atoms with Crippen LogP contribution in [-0.2, 0) is 11.3 Å².